The van der Waals surface area contributed by atoms with E-state index in [-0.39, 0.29) is 60.7 Å². The molecule has 4 unspecified atom stereocenters. The predicted octanol–water partition coefficient (Wildman–Crippen LogP) is 3.22. The van der Waals surface area contributed by atoms with Crippen molar-refractivity contribution in [3.05, 3.63) is 0 Å². The lowest BCUT2D eigenvalue weighted by Crippen LogP contribution is -2.25. The first kappa shape index (κ1) is 23.4. The van der Waals surface area contributed by atoms with Crippen LogP contribution >= 0.6 is 0 Å². The Bertz CT molecular complexity index is 506. The van der Waals surface area contributed by atoms with Gasteiger partial charge in [-0.3, -0.25) is 19.2 Å². The highest BCUT2D eigenvalue weighted by Crippen LogP contribution is 2.19. The number of carbonyl (C=O) groups is 5. The van der Waals surface area contributed by atoms with Crippen LogP contribution in [-0.4, -0.2) is 29.4 Å². The van der Waals surface area contributed by atoms with Crippen LogP contribution in [0.15, 0.2) is 0 Å². The molecule has 0 amide bonds. The maximum atomic E-state index is 12.3. The predicted molar refractivity (Wildman–Crippen MR) is 96.1 cm³/mol. The Labute approximate surface area is 150 Å². The van der Waals surface area contributed by atoms with Gasteiger partial charge in [0.1, 0.15) is 29.4 Å². The molecule has 0 aliphatic carbocycles. The van der Waals surface area contributed by atoms with Crippen molar-refractivity contribution < 1.29 is 24.0 Å². The highest BCUT2D eigenvalue weighted by atomic mass is 16.1. The van der Waals surface area contributed by atoms with E-state index in [0.717, 1.165) is 6.29 Å². The first-order valence-electron chi connectivity index (χ1n) is 9.05. The zero-order valence-corrected chi connectivity index (χ0v) is 16.3. The van der Waals surface area contributed by atoms with E-state index in [1.54, 1.807) is 41.5 Å². The molecule has 0 aromatic heterocycles. The standard InChI is InChI=1S/C20H32O5/c1-12(2)17(22)8-14(4)19(24)10-16(6)20(25)9-15(5)18(23)7-13(3)11-21/h11-16H,7-10H2,1-6H3. The Kier molecular flexibility index (Phi) is 10.3. The van der Waals surface area contributed by atoms with E-state index in [2.05, 4.69) is 0 Å². The molecule has 5 heteroatoms. The van der Waals surface area contributed by atoms with E-state index in [0.29, 0.717) is 0 Å². The summed E-state index contributed by atoms with van der Waals surface area (Å²) in [6.07, 6.45) is 1.25. The summed E-state index contributed by atoms with van der Waals surface area (Å²) in [4.78, 5) is 58.8. The van der Waals surface area contributed by atoms with Crippen molar-refractivity contribution in [2.45, 2.75) is 67.2 Å². The largest absolute Gasteiger partial charge is 0.303 e. The first-order valence-corrected chi connectivity index (χ1v) is 9.05. The SMILES string of the molecule is CC(C=O)CC(=O)C(C)CC(=O)C(C)CC(=O)C(C)CC(=O)C(C)C. The fourth-order valence-electron chi connectivity index (χ4n) is 2.45. The van der Waals surface area contributed by atoms with Gasteiger partial charge in [0, 0.05) is 55.3 Å². The van der Waals surface area contributed by atoms with E-state index in [1.165, 1.54) is 0 Å². The highest BCUT2D eigenvalue weighted by molar-refractivity contribution is 5.93. The molecule has 0 aliphatic rings. The average Bonchev–Trinajstić information content (AvgIpc) is 2.53. The minimum absolute atomic E-state index is 0.0448. The number of rotatable bonds is 13. The summed E-state index contributed by atoms with van der Waals surface area (Å²) in [5.74, 6) is -2.05. The second kappa shape index (κ2) is 11.1. The number of hydrogen-bond acceptors (Lipinski definition) is 5. The Balaban J connectivity index is 4.49. The van der Waals surface area contributed by atoms with Crippen LogP contribution in [0.4, 0.5) is 0 Å². The third-order valence-corrected chi connectivity index (χ3v) is 4.57. The number of Topliss-reactive ketones (excluding diaryl/α,β-unsaturated/α-hetero) is 4. The van der Waals surface area contributed by atoms with Crippen LogP contribution in [0.3, 0.4) is 0 Å². The number of aldehydes is 1. The lowest BCUT2D eigenvalue weighted by atomic mass is 9.85. The van der Waals surface area contributed by atoms with Crippen LogP contribution in [0.2, 0.25) is 0 Å². The van der Waals surface area contributed by atoms with Gasteiger partial charge in [0.25, 0.3) is 0 Å². The Morgan fingerprint density at radius 3 is 1.24 bits per heavy atom. The van der Waals surface area contributed by atoms with Crippen LogP contribution in [-0.2, 0) is 24.0 Å². The maximum Gasteiger partial charge on any atom is 0.136 e. The van der Waals surface area contributed by atoms with Crippen molar-refractivity contribution in [1.82, 2.24) is 0 Å². The summed E-state index contributed by atoms with van der Waals surface area (Å²) in [7, 11) is 0. The van der Waals surface area contributed by atoms with Crippen molar-refractivity contribution >= 4 is 29.4 Å². The van der Waals surface area contributed by atoms with Gasteiger partial charge in [-0.25, -0.2) is 0 Å². The number of hydrogen-bond donors (Lipinski definition) is 0. The summed E-state index contributed by atoms with van der Waals surface area (Å²) in [6, 6.07) is 0. The summed E-state index contributed by atoms with van der Waals surface area (Å²) < 4.78 is 0. The smallest absolute Gasteiger partial charge is 0.136 e. The monoisotopic (exact) mass is 352 g/mol. The van der Waals surface area contributed by atoms with Crippen molar-refractivity contribution in [2.75, 3.05) is 0 Å². The van der Waals surface area contributed by atoms with Gasteiger partial charge in [-0.2, -0.15) is 0 Å². The topological polar surface area (TPSA) is 85.3 Å². The number of carbonyl (C=O) groups excluding carboxylic acids is 5. The van der Waals surface area contributed by atoms with Crippen molar-refractivity contribution in [3.8, 4) is 0 Å². The first-order chi connectivity index (χ1) is 11.5. The molecular weight excluding hydrogens is 320 g/mol. The third-order valence-electron chi connectivity index (χ3n) is 4.57. The molecule has 0 saturated carbocycles. The summed E-state index contributed by atoms with van der Waals surface area (Å²) >= 11 is 0. The zero-order valence-electron chi connectivity index (χ0n) is 16.3. The Morgan fingerprint density at radius 2 is 0.920 bits per heavy atom. The molecule has 0 rings (SSSR count). The van der Waals surface area contributed by atoms with Gasteiger partial charge in [0.15, 0.2) is 0 Å². The molecule has 0 N–H and O–H groups in total. The third kappa shape index (κ3) is 8.84. The molecule has 0 fully saturated rings. The van der Waals surface area contributed by atoms with Crippen LogP contribution in [0.25, 0.3) is 0 Å². The van der Waals surface area contributed by atoms with Crippen LogP contribution in [0.1, 0.15) is 67.2 Å². The molecular formula is C20H32O5. The normalized spacial score (nSPS) is 16.0. The van der Waals surface area contributed by atoms with Gasteiger partial charge in [-0.15, -0.1) is 0 Å². The van der Waals surface area contributed by atoms with Gasteiger partial charge in [-0.05, 0) is 0 Å². The van der Waals surface area contributed by atoms with Crippen LogP contribution < -0.4 is 0 Å². The molecule has 0 radical (unpaired) electrons. The number of ketones is 4. The zero-order chi connectivity index (χ0) is 19.7. The molecule has 4 atom stereocenters. The lowest BCUT2D eigenvalue weighted by Gasteiger charge is -2.16. The second-order valence-electron chi connectivity index (χ2n) is 7.65. The Hall–Kier alpha value is -1.65. The van der Waals surface area contributed by atoms with Gasteiger partial charge < -0.3 is 4.79 Å². The van der Waals surface area contributed by atoms with Gasteiger partial charge in [-0.1, -0.05) is 41.5 Å². The van der Waals surface area contributed by atoms with E-state index in [9.17, 15) is 24.0 Å². The highest BCUT2D eigenvalue weighted by Gasteiger charge is 2.26. The van der Waals surface area contributed by atoms with Crippen molar-refractivity contribution in [2.24, 2.45) is 29.6 Å². The van der Waals surface area contributed by atoms with Gasteiger partial charge >= 0.3 is 0 Å². The minimum Gasteiger partial charge on any atom is -0.303 e. The fraction of sp³-hybridized carbons (Fsp3) is 0.750. The molecule has 0 heterocycles. The maximum absolute atomic E-state index is 12.3. The van der Waals surface area contributed by atoms with Crippen molar-refractivity contribution in [3.63, 3.8) is 0 Å². The molecule has 0 aromatic rings. The average molecular weight is 352 g/mol. The fourth-order valence-corrected chi connectivity index (χ4v) is 2.45. The second-order valence-corrected chi connectivity index (χ2v) is 7.65. The van der Waals surface area contributed by atoms with Crippen molar-refractivity contribution in [1.29, 1.82) is 0 Å². The molecule has 25 heavy (non-hydrogen) atoms. The van der Waals surface area contributed by atoms with E-state index in [4.69, 9.17) is 0 Å². The molecule has 0 aliphatic heterocycles. The van der Waals surface area contributed by atoms with E-state index in [1.807, 2.05) is 0 Å². The quantitative estimate of drug-likeness (QED) is 0.475. The summed E-state index contributed by atoms with van der Waals surface area (Å²) in [5.41, 5.74) is 0. The van der Waals surface area contributed by atoms with E-state index >= 15 is 0 Å². The lowest BCUT2D eigenvalue weighted by molar-refractivity contribution is -0.133. The summed E-state index contributed by atoms with van der Waals surface area (Å²) in [5, 5.41) is 0. The molecule has 0 aromatic carbocycles. The molecule has 0 bridgehead atoms. The molecule has 142 valence electrons. The van der Waals surface area contributed by atoms with Crippen LogP contribution in [0.5, 0.6) is 0 Å². The molecule has 5 nitrogen and oxygen atoms in total. The summed E-state index contributed by atoms with van der Waals surface area (Å²) in [6.45, 7) is 10.3. The van der Waals surface area contributed by atoms with Gasteiger partial charge in [0.05, 0.1) is 0 Å². The van der Waals surface area contributed by atoms with Gasteiger partial charge in [0.2, 0.25) is 0 Å². The van der Waals surface area contributed by atoms with Crippen LogP contribution in [0, 0.1) is 29.6 Å². The minimum atomic E-state index is -0.470. The van der Waals surface area contributed by atoms with E-state index < -0.39 is 17.8 Å². The Morgan fingerprint density at radius 1 is 0.600 bits per heavy atom. The molecule has 0 spiro atoms. The molecule has 0 saturated heterocycles.